The number of oxime groups is 1. The van der Waals surface area contributed by atoms with E-state index in [1.54, 1.807) is 18.2 Å². The molecule has 1 aromatic carbocycles. The zero-order valence-electron chi connectivity index (χ0n) is 11.1. The van der Waals surface area contributed by atoms with Crippen molar-refractivity contribution in [3.63, 3.8) is 0 Å². The van der Waals surface area contributed by atoms with Crippen molar-refractivity contribution in [1.29, 1.82) is 0 Å². The van der Waals surface area contributed by atoms with E-state index in [1.165, 1.54) is 26.2 Å². The van der Waals surface area contributed by atoms with Crippen LogP contribution in [0, 0.1) is 0 Å². The van der Waals surface area contributed by atoms with Crippen LogP contribution < -0.4 is 15.2 Å². The number of hydrogen-bond acceptors (Lipinski definition) is 5. The van der Waals surface area contributed by atoms with Crippen molar-refractivity contribution >= 4 is 11.7 Å². The molecule has 0 aliphatic heterocycles. The molecule has 0 atom stereocenters. The van der Waals surface area contributed by atoms with Crippen molar-refractivity contribution in [2.24, 2.45) is 10.9 Å². The molecule has 3 N–H and O–H groups in total. The topological polar surface area (TPSA) is 97.4 Å². The number of hydrogen-bond donors (Lipinski definition) is 2. The quantitative estimate of drug-likeness (QED) is 0.351. The predicted molar refractivity (Wildman–Crippen MR) is 69.9 cm³/mol. The first-order chi connectivity index (χ1) is 9.04. The maximum Gasteiger partial charge on any atom is 0.261 e. The molecule has 1 aromatic rings. The summed E-state index contributed by atoms with van der Waals surface area (Å²) >= 11 is 0. The summed E-state index contributed by atoms with van der Waals surface area (Å²) in [5.74, 6) is 0.386. The SMILES string of the molecule is COc1cccc(OC)c1C(=O)N(C)CC(N)=NO. The van der Waals surface area contributed by atoms with Gasteiger partial charge in [0.05, 0.1) is 20.8 Å². The Kier molecular flexibility index (Phi) is 4.99. The van der Waals surface area contributed by atoms with Crippen molar-refractivity contribution < 1.29 is 19.5 Å². The van der Waals surface area contributed by atoms with Crippen LogP contribution in [-0.2, 0) is 0 Å². The number of carbonyl (C=O) groups is 1. The zero-order valence-corrected chi connectivity index (χ0v) is 11.1. The summed E-state index contributed by atoms with van der Waals surface area (Å²) in [5.41, 5.74) is 5.67. The molecule has 7 heteroatoms. The number of ether oxygens (including phenoxy) is 2. The Balaban J connectivity index is 3.10. The maximum atomic E-state index is 12.3. The fourth-order valence-corrected chi connectivity index (χ4v) is 1.60. The van der Waals surface area contributed by atoms with Crippen LogP contribution in [0.3, 0.4) is 0 Å². The van der Waals surface area contributed by atoms with Gasteiger partial charge in [0.2, 0.25) is 0 Å². The van der Waals surface area contributed by atoms with Gasteiger partial charge in [-0.25, -0.2) is 0 Å². The summed E-state index contributed by atoms with van der Waals surface area (Å²) in [6.45, 7) is -0.00344. The van der Waals surface area contributed by atoms with E-state index in [0.29, 0.717) is 17.1 Å². The van der Waals surface area contributed by atoms with E-state index >= 15 is 0 Å². The van der Waals surface area contributed by atoms with Gasteiger partial charge in [0.15, 0.2) is 5.84 Å². The maximum absolute atomic E-state index is 12.3. The van der Waals surface area contributed by atoms with Gasteiger partial charge in [-0.05, 0) is 12.1 Å². The zero-order chi connectivity index (χ0) is 14.4. The highest BCUT2D eigenvalue weighted by molar-refractivity contribution is 6.01. The second-order valence-electron chi connectivity index (χ2n) is 3.79. The van der Waals surface area contributed by atoms with Gasteiger partial charge in [-0.3, -0.25) is 4.79 Å². The first-order valence-electron chi connectivity index (χ1n) is 5.48. The fraction of sp³-hybridized carbons (Fsp3) is 0.333. The van der Waals surface area contributed by atoms with E-state index in [4.69, 9.17) is 20.4 Å². The lowest BCUT2D eigenvalue weighted by Crippen LogP contribution is -2.35. The average Bonchev–Trinajstić information content (AvgIpc) is 2.44. The molecule has 0 aromatic heterocycles. The van der Waals surface area contributed by atoms with Gasteiger partial charge in [-0.15, -0.1) is 0 Å². The second-order valence-corrected chi connectivity index (χ2v) is 3.79. The number of amidine groups is 1. The summed E-state index contributed by atoms with van der Waals surface area (Å²) in [7, 11) is 4.47. The van der Waals surface area contributed by atoms with Gasteiger partial charge < -0.3 is 25.3 Å². The lowest BCUT2D eigenvalue weighted by atomic mass is 10.1. The van der Waals surface area contributed by atoms with Gasteiger partial charge in [0.1, 0.15) is 17.1 Å². The van der Waals surface area contributed by atoms with Crippen LogP contribution in [0.25, 0.3) is 0 Å². The molecule has 0 heterocycles. The molecule has 19 heavy (non-hydrogen) atoms. The molecule has 0 bridgehead atoms. The van der Waals surface area contributed by atoms with E-state index in [1.807, 2.05) is 0 Å². The number of benzene rings is 1. The fourth-order valence-electron chi connectivity index (χ4n) is 1.60. The Morgan fingerprint density at radius 1 is 1.37 bits per heavy atom. The van der Waals surface area contributed by atoms with Gasteiger partial charge >= 0.3 is 0 Å². The third kappa shape index (κ3) is 3.27. The minimum absolute atomic E-state index is 0.00344. The smallest absolute Gasteiger partial charge is 0.261 e. The molecule has 0 aliphatic rings. The number of nitrogens with two attached hydrogens (primary N) is 1. The number of nitrogens with zero attached hydrogens (tertiary/aromatic N) is 2. The van der Waals surface area contributed by atoms with Crippen LogP contribution >= 0.6 is 0 Å². The predicted octanol–water partition coefficient (Wildman–Crippen LogP) is 0.522. The highest BCUT2D eigenvalue weighted by Crippen LogP contribution is 2.29. The largest absolute Gasteiger partial charge is 0.496 e. The molecule has 0 saturated heterocycles. The van der Waals surface area contributed by atoms with E-state index in [2.05, 4.69) is 5.16 Å². The van der Waals surface area contributed by atoms with Crippen LogP contribution in [0.1, 0.15) is 10.4 Å². The summed E-state index contributed by atoms with van der Waals surface area (Å²) in [6.07, 6.45) is 0. The van der Waals surface area contributed by atoms with E-state index in [-0.39, 0.29) is 18.3 Å². The Morgan fingerprint density at radius 3 is 2.32 bits per heavy atom. The minimum Gasteiger partial charge on any atom is -0.496 e. The summed E-state index contributed by atoms with van der Waals surface area (Å²) in [4.78, 5) is 13.6. The number of carbonyl (C=O) groups excluding carboxylic acids is 1. The van der Waals surface area contributed by atoms with Gasteiger partial charge in [-0.1, -0.05) is 11.2 Å². The molecule has 0 unspecified atom stereocenters. The van der Waals surface area contributed by atoms with E-state index in [0.717, 1.165) is 0 Å². The molecule has 0 saturated carbocycles. The van der Waals surface area contributed by atoms with Gasteiger partial charge in [-0.2, -0.15) is 0 Å². The van der Waals surface area contributed by atoms with Crippen LogP contribution in [0.5, 0.6) is 11.5 Å². The van der Waals surface area contributed by atoms with Crippen molar-refractivity contribution in [2.75, 3.05) is 27.8 Å². The third-order valence-corrected chi connectivity index (χ3v) is 2.52. The molecule has 1 amide bonds. The number of amides is 1. The molecular formula is C12H17N3O4. The molecule has 1 rings (SSSR count). The number of likely N-dealkylation sites (N-methyl/N-ethyl adjacent to an activating group) is 1. The third-order valence-electron chi connectivity index (χ3n) is 2.52. The summed E-state index contributed by atoms with van der Waals surface area (Å²) in [5, 5.41) is 11.3. The van der Waals surface area contributed by atoms with Crippen molar-refractivity contribution in [1.82, 2.24) is 4.90 Å². The molecule has 104 valence electrons. The molecule has 0 fully saturated rings. The Morgan fingerprint density at radius 2 is 1.89 bits per heavy atom. The van der Waals surface area contributed by atoms with Crippen LogP contribution in [-0.4, -0.2) is 49.7 Å². The Bertz CT molecular complexity index is 466. The molecule has 0 spiro atoms. The van der Waals surface area contributed by atoms with Gasteiger partial charge in [0.25, 0.3) is 5.91 Å². The van der Waals surface area contributed by atoms with E-state index in [9.17, 15) is 4.79 Å². The Labute approximate surface area is 111 Å². The lowest BCUT2D eigenvalue weighted by Gasteiger charge is -2.19. The average molecular weight is 267 g/mol. The first-order valence-corrected chi connectivity index (χ1v) is 5.48. The molecule has 0 radical (unpaired) electrons. The summed E-state index contributed by atoms with van der Waals surface area (Å²) < 4.78 is 10.3. The standard InChI is InChI=1S/C12H17N3O4/c1-15(7-10(13)14-17)12(16)11-8(18-2)5-4-6-9(11)19-3/h4-6,17H,7H2,1-3H3,(H2,13,14). The van der Waals surface area contributed by atoms with Gasteiger partial charge in [0, 0.05) is 7.05 Å². The normalized spacial score (nSPS) is 11.0. The van der Waals surface area contributed by atoms with Crippen molar-refractivity contribution in [2.45, 2.75) is 0 Å². The highest BCUT2D eigenvalue weighted by Gasteiger charge is 2.22. The Hall–Kier alpha value is -2.44. The van der Waals surface area contributed by atoms with Crippen LogP contribution in [0.15, 0.2) is 23.4 Å². The monoisotopic (exact) mass is 267 g/mol. The molecular weight excluding hydrogens is 250 g/mol. The second kappa shape index (κ2) is 6.48. The summed E-state index contributed by atoms with van der Waals surface area (Å²) in [6, 6.07) is 5.04. The van der Waals surface area contributed by atoms with E-state index < -0.39 is 0 Å². The van der Waals surface area contributed by atoms with Crippen molar-refractivity contribution in [3.8, 4) is 11.5 Å². The number of methoxy groups -OCH3 is 2. The molecule has 7 nitrogen and oxygen atoms in total. The lowest BCUT2D eigenvalue weighted by molar-refractivity contribution is 0.0807. The van der Waals surface area contributed by atoms with Crippen LogP contribution in [0.4, 0.5) is 0 Å². The first kappa shape index (κ1) is 14.6. The highest BCUT2D eigenvalue weighted by atomic mass is 16.5. The molecule has 0 aliphatic carbocycles. The minimum atomic E-state index is -0.346. The van der Waals surface area contributed by atoms with Crippen molar-refractivity contribution in [3.05, 3.63) is 23.8 Å². The van der Waals surface area contributed by atoms with Crippen LogP contribution in [0.2, 0.25) is 0 Å². The number of rotatable bonds is 5.